The largest absolute Gasteiger partial charge is 0.411 e. The van der Waals surface area contributed by atoms with Crippen LogP contribution in [-0.2, 0) is 4.74 Å². The highest BCUT2D eigenvalue weighted by atomic mass is 16.5. The second-order valence-corrected chi connectivity index (χ2v) is 9.58. The quantitative estimate of drug-likeness (QED) is 0.384. The number of nitrogens with zero attached hydrogens (tertiary/aromatic N) is 1. The Morgan fingerprint density at radius 3 is 2.88 bits per heavy atom. The minimum absolute atomic E-state index is 0.0295. The molecule has 0 radical (unpaired) electrons. The Hall–Kier alpha value is -1.09. The predicted molar refractivity (Wildman–Crippen MR) is 98.7 cm³/mol. The summed E-state index contributed by atoms with van der Waals surface area (Å²) in [6.07, 6.45) is 15.4. The van der Waals surface area contributed by atoms with Crippen molar-refractivity contribution in [3.05, 3.63) is 23.8 Å². The van der Waals surface area contributed by atoms with Gasteiger partial charge in [0.15, 0.2) is 0 Å². The van der Waals surface area contributed by atoms with Crippen molar-refractivity contribution in [2.75, 3.05) is 6.61 Å². The molecule has 1 N–H and O–H groups in total. The van der Waals surface area contributed by atoms with Crippen LogP contribution in [0.15, 0.2) is 29.0 Å². The molecule has 1 spiro atoms. The maximum Gasteiger partial charge on any atom is 0.0923 e. The summed E-state index contributed by atoms with van der Waals surface area (Å²) in [5.41, 5.74) is 2.81. The molecule has 5 aliphatic rings. The molecule has 1 aliphatic heterocycles. The molecule has 0 saturated heterocycles. The van der Waals surface area contributed by atoms with Gasteiger partial charge in [-0.1, -0.05) is 36.7 Å². The van der Waals surface area contributed by atoms with E-state index < -0.39 is 0 Å². The van der Waals surface area contributed by atoms with E-state index in [0.717, 1.165) is 48.3 Å². The molecule has 3 fully saturated rings. The van der Waals surface area contributed by atoms with Crippen LogP contribution in [0.1, 0.15) is 58.8 Å². The summed E-state index contributed by atoms with van der Waals surface area (Å²) in [4.78, 5) is 0. The van der Waals surface area contributed by atoms with Crippen LogP contribution in [0.2, 0.25) is 0 Å². The highest BCUT2D eigenvalue weighted by Crippen LogP contribution is 2.67. The van der Waals surface area contributed by atoms with E-state index in [0.29, 0.717) is 5.41 Å². The topological polar surface area (TPSA) is 41.8 Å². The average molecular weight is 341 g/mol. The third kappa shape index (κ3) is 2.05. The van der Waals surface area contributed by atoms with E-state index in [2.05, 4.69) is 37.2 Å². The Balaban J connectivity index is 1.49. The van der Waals surface area contributed by atoms with Gasteiger partial charge in [-0.05, 0) is 80.6 Å². The fourth-order valence-electron chi connectivity index (χ4n) is 7.71. The number of fused-ring (bicyclic) bond motifs is 6. The molecular formula is C22H31NO2. The lowest BCUT2D eigenvalue weighted by Gasteiger charge is -2.57. The first-order valence-electron chi connectivity index (χ1n) is 10.3. The van der Waals surface area contributed by atoms with E-state index in [1.54, 1.807) is 5.57 Å². The molecule has 1 heterocycles. The fourth-order valence-corrected chi connectivity index (χ4v) is 7.71. The van der Waals surface area contributed by atoms with Crippen LogP contribution < -0.4 is 0 Å². The van der Waals surface area contributed by atoms with Gasteiger partial charge < -0.3 is 9.94 Å². The fraction of sp³-hybridized carbons (Fsp3) is 0.773. The lowest BCUT2D eigenvalue weighted by molar-refractivity contribution is -0.119. The minimum atomic E-state index is 0.0295. The summed E-state index contributed by atoms with van der Waals surface area (Å²) in [5, 5.41) is 12.7. The molecule has 3 nitrogen and oxygen atoms in total. The maximum absolute atomic E-state index is 9.18. The van der Waals surface area contributed by atoms with Crippen LogP contribution in [-0.4, -0.2) is 23.1 Å². The molecule has 0 aromatic rings. The number of allylic oxidation sites excluding steroid dienone is 2. The lowest BCUT2D eigenvalue weighted by Crippen LogP contribution is -2.54. The first-order chi connectivity index (χ1) is 12.1. The van der Waals surface area contributed by atoms with Crippen molar-refractivity contribution < 1.29 is 9.94 Å². The third-order valence-corrected chi connectivity index (χ3v) is 8.79. The molecule has 5 rings (SSSR count). The molecule has 136 valence electrons. The molecule has 3 unspecified atom stereocenters. The highest BCUT2D eigenvalue weighted by molar-refractivity contribution is 5.96. The molecule has 0 aromatic heterocycles. The normalized spacial score (nSPS) is 52.8. The van der Waals surface area contributed by atoms with Gasteiger partial charge in [-0.15, -0.1) is 0 Å². The Kier molecular flexibility index (Phi) is 3.51. The SMILES string of the molecule is C[C@@H]1CC2=C/C(=N/O)CC[C@@H]2C2CC[C@@]3(C)C(CC[C@@]34C=CCO4)C21. The zero-order valence-electron chi connectivity index (χ0n) is 15.6. The molecular weight excluding hydrogens is 310 g/mol. The van der Waals surface area contributed by atoms with Crippen molar-refractivity contribution in [2.24, 2.45) is 40.2 Å². The number of hydrogen-bond donors (Lipinski definition) is 1. The summed E-state index contributed by atoms with van der Waals surface area (Å²) >= 11 is 0. The standard InChI is InChI=1S/C22H31NO2/c1-14-12-15-13-16(23-24)4-5-17(15)18-6-9-21(2)19(20(14)18)7-10-22(21)8-3-11-25-22/h3,8,13-14,17-20,24H,4-7,9-12H2,1-2H3/b23-16+/t14-,17+,18?,19?,20?,21+,22+/m1/s1. The van der Waals surface area contributed by atoms with Crippen LogP contribution in [0, 0.1) is 35.0 Å². The van der Waals surface area contributed by atoms with Crippen molar-refractivity contribution in [3.8, 4) is 0 Å². The minimum Gasteiger partial charge on any atom is -0.411 e. The Morgan fingerprint density at radius 2 is 2.12 bits per heavy atom. The van der Waals surface area contributed by atoms with Crippen LogP contribution in [0.4, 0.5) is 0 Å². The summed E-state index contributed by atoms with van der Waals surface area (Å²) in [6.45, 7) is 5.82. The summed E-state index contributed by atoms with van der Waals surface area (Å²) < 4.78 is 6.36. The molecule has 0 amide bonds. The van der Waals surface area contributed by atoms with Gasteiger partial charge >= 0.3 is 0 Å². The molecule has 7 atom stereocenters. The van der Waals surface area contributed by atoms with Crippen molar-refractivity contribution in [2.45, 2.75) is 64.4 Å². The van der Waals surface area contributed by atoms with Gasteiger partial charge in [0, 0.05) is 5.41 Å². The monoisotopic (exact) mass is 341 g/mol. The Morgan fingerprint density at radius 1 is 1.24 bits per heavy atom. The van der Waals surface area contributed by atoms with E-state index >= 15 is 0 Å². The molecule has 25 heavy (non-hydrogen) atoms. The van der Waals surface area contributed by atoms with E-state index in [9.17, 15) is 5.21 Å². The number of oxime groups is 1. The molecule has 3 heteroatoms. The van der Waals surface area contributed by atoms with E-state index in [1.165, 1.54) is 38.5 Å². The summed E-state index contributed by atoms with van der Waals surface area (Å²) in [5.74, 6) is 3.93. The van der Waals surface area contributed by atoms with Crippen LogP contribution in [0.5, 0.6) is 0 Å². The smallest absolute Gasteiger partial charge is 0.0923 e. The van der Waals surface area contributed by atoms with E-state index in [-0.39, 0.29) is 5.60 Å². The van der Waals surface area contributed by atoms with Crippen LogP contribution >= 0.6 is 0 Å². The second kappa shape index (κ2) is 5.45. The van der Waals surface area contributed by atoms with Gasteiger partial charge in [-0.2, -0.15) is 0 Å². The third-order valence-electron chi connectivity index (χ3n) is 8.79. The van der Waals surface area contributed by atoms with Gasteiger partial charge in [0.25, 0.3) is 0 Å². The number of rotatable bonds is 0. The zero-order valence-corrected chi connectivity index (χ0v) is 15.6. The molecule has 4 aliphatic carbocycles. The van der Waals surface area contributed by atoms with Gasteiger partial charge in [0.1, 0.15) is 0 Å². The lowest BCUT2D eigenvalue weighted by atomic mass is 9.48. The van der Waals surface area contributed by atoms with Gasteiger partial charge in [-0.3, -0.25) is 0 Å². The molecule has 0 aromatic carbocycles. The Bertz CT molecular complexity index is 665. The molecule has 0 bridgehead atoms. The second-order valence-electron chi connectivity index (χ2n) is 9.58. The number of ether oxygens (including phenoxy) is 1. The van der Waals surface area contributed by atoms with Crippen molar-refractivity contribution in [1.29, 1.82) is 0 Å². The van der Waals surface area contributed by atoms with Gasteiger partial charge in [0.05, 0.1) is 17.9 Å². The van der Waals surface area contributed by atoms with Crippen LogP contribution in [0.3, 0.4) is 0 Å². The zero-order chi connectivity index (χ0) is 17.2. The van der Waals surface area contributed by atoms with E-state index in [4.69, 9.17) is 4.74 Å². The van der Waals surface area contributed by atoms with Crippen molar-refractivity contribution in [3.63, 3.8) is 0 Å². The number of hydrogen-bond acceptors (Lipinski definition) is 3. The van der Waals surface area contributed by atoms with E-state index in [1.807, 2.05) is 0 Å². The highest BCUT2D eigenvalue weighted by Gasteiger charge is 2.64. The summed E-state index contributed by atoms with van der Waals surface area (Å²) in [6, 6.07) is 0. The van der Waals surface area contributed by atoms with Gasteiger partial charge in [0.2, 0.25) is 0 Å². The first-order valence-corrected chi connectivity index (χ1v) is 10.3. The molecule has 3 saturated carbocycles. The first kappa shape index (κ1) is 16.1. The van der Waals surface area contributed by atoms with Gasteiger partial charge in [-0.25, -0.2) is 0 Å². The maximum atomic E-state index is 9.18. The average Bonchev–Trinajstić information content (AvgIpc) is 3.21. The summed E-state index contributed by atoms with van der Waals surface area (Å²) in [7, 11) is 0. The Labute approximate surface area is 151 Å². The van der Waals surface area contributed by atoms with Crippen molar-refractivity contribution in [1.82, 2.24) is 0 Å². The van der Waals surface area contributed by atoms with Crippen molar-refractivity contribution >= 4 is 5.71 Å². The van der Waals surface area contributed by atoms with Crippen LogP contribution in [0.25, 0.3) is 0 Å². The predicted octanol–water partition coefficient (Wildman–Crippen LogP) is 4.96.